The minimum atomic E-state index is -0.0167. The molecule has 1 aromatic carbocycles. The van der Waals surface area contributed by atoms with Gasteiger partial charge in [0, 0.05) is 12.1 Å². The third-order valence-electron chi connectivity index (χ3n) is 2.49. The van der Waals surface area contributed by atoms with Crippen LogP contribution in [0, 0.1) is 0 Å². The van der Waals surface area contributed by atoms with Gasteiger partial charge in [0.15, 0.2) is 0 Å². The van der Waals surface area contributed by atoms with Gasteiger partial charge < -0.3 is 4.74 Å². The lowest BCUT2D eigenvalue weighted by Crippen LogP contribution is -2.20. The van der Waals surface area contributed by atoms with Crippen LogP contribution in [0.1, 0.15) is 12.0 Å². The monoisotopic (exact) mass is 252 g/mol. The fraction of sp³-hybridized carbons (Fsp3) is 0.333. The highest BCUT2D eigenvalue weighted by atomic mass is 35.5. The van der Waals surface area contributed by atoms with Gasteiger partial charge in [-0.2, -0.15) is 5.10 Å². The summed E-state index contributed by atoms with van der Waals surface area (Å²) in [4.78, 5) is 11.7. The second kappa shape index (κ2) is 5.29. The van der Waals surface area contributed by atoms with Crippen molar-refractivity contribution in [2.45, 2.75) is 13.0 Å². The van der Waals surface area contributed by atoms with Crippen LogP contribution in [0.4, 0.5) is 0 Å². The van der Waals surface area contributed by atoms with Crippen LogP contribution in [-0.4, -0.2) is 30.3 Å². The van der Waals surface area contributed by atoms with Crippen LogP contribution in [-0.2, 0) is 16.1 Å². The molecule has 2 rings (SSSR count). The van der Waals surface area contributed by atoms with E-state index in [1.165, 1.54) is 5.01 Å². The van der Waals surface area contributed by atoms with Crippen LogP contribution >= 0.6 is 11.6 Å². The minimum Gasteiger partial charge on any atom is -0.379 e. The van der Waals surface area contributed by atoms with E-state index in [-0.39, 0.29) is 5.91 Å². The van der Waals surface area contributed by atoms with Gasteiger partial charge in [-0.3, -0.25) is 4.79 Å². The van der Waals surface area contributed by atoms with Gasteiger partial charge in [0.25, 0.3) is 0 Å². The number of methoxy groups -OCH3 is 1. The van der Waals surface area contributed by atoms with Crippen molar-refractivity contribution in [3.05, 3.63) is 34.9 Å². The highest BCUT2D eigenvalue weighted by molar-refractivity contribution is 6.31. The highest BCUT2D eigenvalue weighted by Gasteiger charge is 2.23. The molecule has 5 heteroatoms. The molecule has 0 atom stereocenters. The van der Waals surface area contributed by atoms with Crippen LogP contribution in [0.2, 0.25) is 5.02 Å². The summed E-state index contributed by atoms with van der Waals surface area (Å²) in [6, 6.07) is 7.44. The first-order chi connectivity index (χ1) is 8.20. The zero-order chi connectivity index (χ0) is 12.3. The van der Waals surface area contributed by atoms with Crippen molar-refractivity contribution in [2.24, 2.45) is 5.10 Å². The smallest absolute Gasteiger partial charge is 0.248 e. The summed E-state index contributed by atoms with van der Waals surface area (Å²) >= 11 is 6.04. The van der Waals surface area contributed by atoms with Gasteiger partial charge in [-0.15, -0.1) is 0 Å². The molecular formula is C12H13ClN2O2. The molecule has 0 radical (unpaired) electrons. The second-order valence-electron chi connectivity index (χ2n) is 3.82. The van der Waals surface area contributed by atoms with E-state index in [0.29, 0.717) is 24.6 Å². The average Bonchev–Trinajstić information content (AvgIpc) is 2.63. The zero-order valence-corrected chi connectivity index (χ0v) is 10.3. The molecule has 1 heterocycles. The number of hydrazone groups is 1. The van der Waals surface area contributed by atoms with E-state index in [0.717, 1.165) is 11.3 Å². The predicted molar refractivity (Wildman–Crippen MR) is 65.9 cm³/mol. The van der Waals surface area contributed by atoms with Crippen molar-refractivity contribution in [3.63, 3.8) is 0 Å². The summed E-state index contributed by atoms with van der Waals surface area (Å²) in [5, 5.41) is 6.30. The summed E-state index contributed by atoms with van der Waals surface area (Å²) in [5.41, 5.74) is 1.65. The van der Waals surface area contributed by atoms with Crippen LogP contribution in [0.5, 0.6) is 0 Å². The molecule has 0 aliphatic carbocycles. The van der Waals surface area contributed by atoms with E-state index in [4.69, 9.17) is 16.3 Å². The van der Waals surface area contributed by atoms with E-state index < -0.39 is 0 Å². The fourth-order valence-electron chi connectivity index (χ4n) is 1.69. The molecule has 0 aromatic heterocycles. The molecule has 0 fully saturated rings. The summed E-state index contributed by atoms with van der Waals surface area (Å²) in [6.45, 7) is 0.802. The number of benzene rings is 1. The first-order valence-electron chi connectivity index (χ1n) is 5.30. The number of hydrogen-bond donors (Lipinski definition) is 0. The first kappa shape index (κ1) is 12.1. The van der Waals surface area contributed by atoms with E-state index in [2.05, 4.69) is 5.10 Å². The zero-order valence-electron chi connectivity index (χ0n) is 9.52. The van der Waals surface area contributed by atoms with E-state index in [1.807, 2.05) is 18.2 Å². The molecule has 0 bridgehead atoms. The maximum Gasteiger partial charge on any atom is 0.248 e. The van der Waals surface area contributed by atoms with E-state index in [9.17, 15) is 4.79 Å². The minimum absolute atomic E-state index is 0.0167. The van der Waals surface area contributed by atoms with Gasteiger partial charge in [-0.1, -0.05) is 29.8 Å². The largest absolute Gasteiger partial charge is 0.379 e. The van der Waals surface area contributed by atoms with Gasteiger partial charge in [0.2, 0.25) is 5.91 Å². The molecule has 4 nitrogen and oxygen atoms in total. The molecule has 0 spiro atoms. The number of carbonyl (C=O) groups is 1. The van der Waals surface area contributed by atoms with Gasteiger partial charge in [-0.25, -0.2) is 5.01 Å². The summed E-state index contributed by atoms with van der Waals surface area (Å²) in [6.07, 6.45) is 0.332. The Kier molecular flexibility index (Phi) is 3.76. The summed E-state index contributed by atoms with van der Waals surface area (Å²) in [5.74, 6) is -0.0167. The Balaban J connectivity index is 2.09. The Morgan fingerprint density at radius 3 is 2.94 bits per heavy atom. The standard InChI is InChI=1S/C12H13ClN2O2/c1-17-8-10-6-12(16)15(14-10)7-9-4-2-3-5-11(9)13/h2-5H,6-8H2,1H3. The molecule has 1 aliphatic heterocycles. The molecule has 1 aliphatic rings. The van der Waals surface area contributed by atoms with Crippen molar-refractivity contribution >= 4 is 23.2 Å². The molecule has 0 saturated carbocycles. The van der Waals surface area contributed by atoms with Crippen molar-refractivity contribution in [3.8, 4) is 0 Å². The van der Waals surface area contributed by atoms with E-state index >= 15 is 0 Å². The number of nitrogens with zero attached hydrogens (tertiary/aromatic N) is 2. The predicted octanol–water partition coefficient (Wildman–Crippen LogP) is 2.07. The van der Waals surface area contributed by atoms with Crippen molar-refractivity contribution in [1.29, 1.82) is 0 Å². The Morgan fingerprint density at radius 2 is 2.24 bits per heavy atom. The number of halogens is 1. The maximum atomic E-state index is 11.7. The van der Waals surface area contributed by atoms with Crippen molar-refractivity contribution in [2.75, 3.05) is 13.7 Å². The quantitative estimate of drug-likeness (QED) is 0.823. The van der Waals surface area contributed by atoms with Crippen LogP contribution in [0.15, 0.2) is 29.4 Å². The SMILES string of the molecule is COCC1=NN(Cc2ccccc2Cl)C(=O)C1. The number of amides is 1. The van der Waals surface area contributed by atoms with E-state index in [1.54, 1.807) is 13.2 Å². The number of carbonyl (C=O) groups excluding carboxylic acids is 1. The Hall–Kier alpha value is -1.39. The van der Waals surface area contributed by atoms with Crippen LogP contribution in [0.25, 0.3) is 0 Å². The Labute approximate surface area is 105 Å². The molecule has 0 unspecified atom stereocenters. The number of rotatable bonds is 4. The Morgan fingerprint density at radius 1 is 1.47 bits per heavy atom. The molecule has 90 valence electrons. The fourth-order valence-corrected chi connectivity index (χ4v) is 1.88. The van der Waals surface area contributed by atoms with Gasteiger partial charge in [0.1, 0.15) is 0 Å². The maximum absolute atomic E-state index is 11.7. The third kappa shape index (κ3) is 2.84. The lowest BCUT2D eigenvalue weighted by atomic mass is 10.2. The van der Waals surface area contributed by atoms with Crippen molar-refractivity contribution < 1.29 is 9.53 Å². The lowest BCUT2D eigenvalue weighted by molar-refractivity contribution is -0.129. The first-order valence-corrected chi connectivity index (χ1v) is 5.67. The third-order valence-corrected chi connectivity index (χ3v) is 2.86. The molecule has 1 aromatic rings. The molecule has 1 amide bonds. The number of ether oxygens (including phenoxy) is 1. The van der Waals surface area contributed by atoms with Crippen LogP contribution < -0.4 is 0 Å². The van der Waals surface area contributed by atoms with Gasteiger partial charge in [-0.05, 0) is 11.6 Å². The summed E-state index contributed by atoms with van der Waals surface area (Å²) in [7, 11) is 1.59. The second-order valence-corrected chi connectivity index (χ2v) is 4.23. The lowest BCUT2D eigenvalue weighted by Gasteiger charge is -2.12. The van der Waals surface area contributed by atoms with Crippen LogP contribution in [0.3, 0.4) is 0 Å². The average molecular weight is 253 g/mol. The molecular weight excluding hydrogens is 240 g/mol. The van der Waals surface area contributed by atoms with Crippen molar-refractivity contribution in [1.82, 2.24) is 5.01 Å². The topological polar surface area (TPSA) is 41.9 Å². The normalized spacial score (nSPS) is 15.3. The number of hydrogen-bond acceptors (Lipinski definition) is 3. The molecule has 17 heavy (non-hydrogen) atoms. The molecule has 0 N–H and O–H groups in total. The highest BCUT2D eigenvalue weighted by Crippen LogP contribution is 2.19. The Bertz CT molecular complexity index is 460. The van der Waals surface area contributed by atoms with Gasteiger partial charge in [0.05, 0.1) is 25.3 Å². The summed E-state index contributed by atoms with van der Waals surface area (Å²) < 4.78 is 4.96. The van der Waals surface area contributed by atoms with Gasteiger partial charge >= 0.3 is 0 Å². The molecule has 0 saturated heterocycles.